The summed E-state index contributed by atoms with van der Waals surface area (Å²) in [5.41, 5.74) is 6.23. The molecule has 6 heteroatoms. The molecule has 0 fully saturated rings. The summed E-state index contributed by atoms with van der Waals surface area (Å²) in [4.78, 5) is 24.5. The fourth-order valence-corrected chi connectivity index (χ4v) is 2.82. The van der Waals surface area contributed by atoms with Gasteiger partial charge in [-0.3, -0.25) is 9.97 Å². The predicted molar refractivity (Wildman–Crippen MR) is 92.2 cm³/mol. The van der Waals surface area contributed by atoms with Crippen molar-refractivity contribution in [3.8, 4) is 22.8 Å². The van der Waals surface area contributed by atoms with Gasteiger partial charge in [0.25, 0.3) is 0 Å². The van der Waals surface area contributed by atoms with Crippen LogP contribution in [0.1, 0.15) is 0 Å². The van der Waals surface area contributed by atoms with Gasteiger partial charge in [0.2, 0.25) is 0 Å². The van der Waals surface area contributed by atoms with Crippen molar-refractivity contribution in [1.82, 2.24) is 29.9 Å². The Morgan fingerprint density at radius 2 is 1.83 bits per heavy atom. The Bertz CT molecular complexity index is 1120. The number of pyridine rings is 3. The largest absolute Gasteiger partial charge is 0.359 e. The molecular weight excluding hydrogens is 300 g/mol. The van der Waals surface area contributed by atoms with Crippen LogP contribution in [0.4, 0.5) is 0 Å². The molecule has 114 valence electrons. The Hall–Kier alpha value is -3.54. The van der Waals surface area contributed by atoms with Gasteiger partial charge in [0.05, 0.1) is 39.7 Å². The third kappa shape index (κ3) is 1.97. The van der Waals surface area contributed by atoms with E-state index < -0.39 is 0 Å². The van der Waals surface area contributed by atoms with E-state index in [2.05, 4.69) is 24.9 Å². The Labute approximate surface area is 136 Å². The van der Waals surface area contributed by atoms with E-state index in [0.29, 0.717) is 0 Å². The van der Waals surface area contributed by atoms with Gasteiger partial charge in [0.15, 0.2) is 0 Å². The fourth-order valence-electron chi connectivity index (χ4n) is 2.82. The Morgan fingerprint density at radius 1 is 0.833 bits per heavy atom. The van der Waals surface area contributed by atoms with Crippen molar-refractivity contribution >= 4 is 22.1 Å². The number of fused-ring (bicyclic) bond motifs is 2. The van der Waals surface area contributed by atoms with Crippen LogP contribution in [-0.2, 0) is 0 Å². The summed E-state index contributed by atoms with van der Waals surface area (Å²) in [5, 5.41) is 0. The van der Waals surface area contributed by atoms with Crippen LogP contribution < -0.4 is 0 Å². The van der Waals surface area contributed by atoms with Gasteiger partial charge in [-0.2, -0.15) is 0 Å². The number of aromatic amines is 2. The third-order valence-corrected chi connectivity index (χ3v) is 3.99. The molecule has 0 unspecified atom stereocenters. The van der Waals surface area contributed by atoms with E-state index in [0.717, 1.165) is 44.8 Å². The SMILES string of the molecule is c1ccc(-c2ccc3[nH]cc(-c4nc5cnccc5[nH]4)c3n2)nc1. The summed E-state index contributed by atoms with van der Waals surface area (Å²) >= 11 is 0. The molecule has 0 aromatic carbocycles. The lowest BCUT2D eigenvalue weighted by Gasteiger charge is -2.00. The van der Waals surface area contributed by atoms with Crippen molar-refractivity contribution in [3.05, 3.63) is 61.2 Å². The first-order chi connectivity index (χ1) is 11.9. The van der Waals surface area contributed by atoms with Gasteiger partial charge >= 0.3 is 0 Å². The van der Waals surface area contributed by atoms with E-state index in [1.54, 1.807) is 18.6 Å². The van der Waals surface area contributed by atoms with Crippen LogP contribution in [0.3, 0.4) is 0 Å². The Balaban J connectivity index is 1.71. The summed E-state index contributed by atoms with van der Waals surface area (Å²) in [6.45, 7) is 0. The second kappa shape index (κ2) is 4.99. The van der Waals surface area contributed by atoms with Crippen molar-refractivity contribution in [2.24, 2.45) is 0 Å². The van der Waals surface area contributed by atoms with Crippen molar-refractivity contribution in [2.75, 3.05) is 0 Å². The Kier molecular flexibility index (Phi) is 2.69. The molecule has 5 rings (SSSR count). The van der Waals surface area contributed by atoms with E-state index in [-0.39, 0.29) is 0 Å². The molecule has 0 atom stereocenters. The van der Waals surface area contributed by atoms with E-state index >= 15 is 0 Å². The highest BCUT2D eigenvalue weighted by atomic mass is 14.9. The van der Waals surface area contributed by atoms with E-state index in [1.165, 1.54) is 0 Å². The first-order valence-electron chi connectivity index (χ1n) is 7.58. The van der Waals surface area contributed by atoms with Crippen molar-refractivity contribution < 1.29 is 0 Å². The zero-order valence-corrected chi connectivity index (χ0v) is 12.6. The summed E-state index contributed by atoms with van der Waals surface area (Å²) in [6, 6.07) is 11.7. The lowest BCUT2D eigenvalue weighted by molar-refractivity contribution is 1.27. The summed E-state index contributed by atoms with van der Waals surface area (Å²) in [6.07, 6.45) is 7.18. The molecule has 0 saturated carbocycles. The van der Waals surface area contributed by atoms with E-state index in [9.17, 15) is 0 Å². The number of H-pyrrole nitrogens is 2. The van der Waals surface area contributed by atoms with Crippen molar-refractivity contribution in [2.45, 2.75) is 0 Å². The lowest BCUT2D eigenvalue weighted by Crippen LogP contribution is -1.88. The molecule has 0 amide bonds. The highest BCUT2D eigenvalue weighted by Crippen LogP contribution is 2.28. The van der Waals surface area contributed by atoms with Crippen LogP contribution >= 0.6 is 0 Å². The average molecular weight is 312 g/mol. The smallest absolute Gasteiger partial charge is 0.142 e. The van der Waals surface area contributed by atoms with Gasteiger partial charge in [0.1, 0.15) is 11.3 Å². The van der Waals surface area contributed by atoms with Gasteiger partial charge in [0, 0.05) is 18.6 Å². The van der Waals surface area contributed by atoms with Crippen molar-refractivity contribution in [3.63, 3.8) is 0 Å². The maximum Gasteiger partial charge on any atom is 0.142 e. The normalized spacial score (nSPS) is 11.3. The topological polar surface area (TPSA) is 83.1 Å². The standard InChI is InChI=1S/C18H12N6/c1-2-7-20-12(3-1)13-4-5-15-17(22-13)11(9-21-15)18-23-14-6-8-19-10-16(14)24-18/h1-10,21H,(H,23,24). The van der Waals surface area contributed by atoms with Gasteiger partial charge in [-0.1, -0.05) is 6.07 Å². The second-order valence-corrected chi connectivity index (χ2v) is 5.49. The maximum atomic E-state index is 4.78. The zero-order chi connectivity index (χ0) is 15.9. The summed E-state index contributed by atoms with van der Waals surface area (Å²) in [7, 11) is 0. The molecule has 0 aliphatic carbocycles. The molecule has 0 saturated heterocycles. The van der Waals surface area contributed by atoms with Gasteiger partial charge in [-0.05, 0) is 30.3 Å². The molecule has 0 aliphatic rings. The van der Waals surface area contributed by atoms with Gasteiger partial charge < -0.3 is 9.97 Å². The fraction of sp³-hybridized carbons (Fsp3) is 0. The number of nitrogens with zero attached hydrogens (tertiary/aromatic N) is 4. The number of aromatic nitrogens is 6. The molecular formula is C18H12N6. The predicted octanol–water partition coefficient (Wildman–Crippen LogP) is 3.56. The van der Waals surface area contributed by atoms with E-state index in [1.807, 2.05) is 42.6 Å². The number of nitrogens with one attached hydrogen (secondary N) is 2. The molecule has 0 radical (unpaired) electrons. The molecule has 2 N–H and O–H groups in total. The minimum absolute atomic E-state index is 0.773. The van der Waals surface area contributed by atoms with E-state index in [4.69, 9.17) is 4.98 Å². The number of hydrogen-bond acceptors (Lipinski definition) is 4. The van der Waals surface area contributed by atoms with Crippen LogP contribution in [0, 0.1) is 0 Å². The van der Waals surface area contributed by atoms with Crippen LogP contribution in [0.25, 0.3) is 44.8 Å². The maximum absolute atomic E-state index is 4.78. The molecule has 0 aliphatic heterocycles. The summed E-state index contributed by atoms with van der Waals surface area (Å²) < 4.78 is 0. The van der Waals surface area contributed by atoms with Crippen LogP contribution in [0.15, 0.2) is 61.2 Å². The molecule has 5 heterocycles. The summed E-state index contributed by atoms with van der Waals surface area (Å²) in [5.74, 6) is 0.773. The molecule has 6 nitrogen and oxygen atoms in total. The highest BCUT2D eigenvalue weighted by Gasteiger charge is 2.13. The van der Waals surface area contributed by atoms with Gasteiger partial charge in [-0.25, -0.2) is 9.97 Å². The number of hydrogen-bond donors (Lipinski definition) is 2. The zero-order valence-electron chi connectivity index (χ0n) is 12.6. The van der Waals surface area contributed by atoms with Crippen LogP contribution in [0.2, 0.25) is 0 Å². The molecule has 5 aromatic heterocycles. The first-order valence-corrected chi connectivity index (χ1v) is 7.58. The highest BCUT2D eigenvalue weighted by molar-refractivity contribution is 5.93. The third-order valence-electron chi connectivity index (χ3n) is 3.99. The minimum Gasteiger partial charge on any atom is -0.359 e. The quantitative estimate of drug-likeness (QED) is 0.522. The second-order valence-electron chi connectivity index (χ2n) is 5.49. The lowest BCUT2D eigenvalue weighted by atomic mass is 10.2. The van der Waals surface area contributed by atoms with Crippen molar-refractivity contribution in [1.29, 1.82) is 0 Å². The van der Waals surface area contributed by atoms with Crippen LogP contribution in [0.5, 0.6) is 0 Å². The minimum atomic E-state index is 0.773. The monoisotopic (exact) mass is 312 g/mol. The Morgan fingerprint density at radius 3 is 2.71 bits per heavy atom. The average Bonchev–Trinajstić information content (AvgIpc) is 3.25. The van der Waals surface area contributed by atoms with Crippen LogP contribution in [-0.4, -0.2) is 29.9 Å². The molecule has 24 heavy (non-hydrogen) atoms. The molecule has 0 bridgehead atoms. The molecule has 0 spiro atoms. The first kappa shape index (κ1) is 13.0. The number of imidazole rings is 1. The molecule has 5 aromatic rings. The number of rotatable bonds is 2. The van der Waals surface area contributed by atoms with Gasteiger partial charge in [-0.15, -0.1) is 0 Å².